The van der Waals surface area contributed by atoms with Gasteiger partial charge in [-0.3, -0.25) is 4.79 Å². The number of carbonyl (C=O) groups is 1. The summed E-state index contributed by atoms with van der Waals surface area (Å²) in [5.41, 5.74) is 2.32. The molecule has 1 saturated heterocycles. The van der Waals surface area contributed by atoms with Gasteiger partial charge in [0.25, 0.3) is 0 Å². The molecule has 1 aromatic rings. The summed E-state index contributed by atoms with van der Waals surface area (Å²) in [6, 6.07) is 8.55. The Morgan fingerprint density at radius 1 is 1.35 bits per heavy atom. The molecule has 2 atom stereocenters. The lowest BCUT2D eigenvalue weighted by Gasteiger charge is -2.37. The second-order valence-electron chi connectivity index (χ2n) is 5.11. The number of rotatable bonds is 1. The first-order valence-corrected chi connectivity index (χ1v) is 6.38. The highest BCUT2D eigenvalue weighted by atomic mass is 16.2. The van der Waals surface area contributed by atoms with E-state index in [2.05, 4.69) is 24.4 Å². The molecule has 3 nitrogen and oxygen atoms in total. The van der Waals surface area contributed by atoms with Gasteiger partial charge in [0.15, 0.2) is 0 Å². The Kier molecular flexibility index (Phi) is 2.63. The summed E-state index contributed by atoms with van der Waals surface area (Å²) in [4.78, 5) is 14.2. The fraction of sp³-hybridized carbons (Fsp3) is 0.500. The van der Waals surface area contributed by atoms with E-state index in [-0.39, 0.29) is 5.91 Å². The standard InChI is InChI=1S/C14H18N2O/c1-10-9-15-7-6-12(10)16-13-5-3-2-4-11(13)8-14(16)17/h2-5,10,12,15H,6-9H2,1H3/t10-,12?/m1/s1. The van der Waals surface area contributed by atoms with Crippen LogP contribution in [-0.2, 0) is 11.2 Å². The molecule has 3 rings (SSSR count). The van der Waals surface area contributed by atoms with Crippen molar-refractivity contribution in [3.05, 3.63) is 29.8 Å². The van der Waals surface area contributed by atoms with Crippen LogP contribution in [0.15, 0.2) is 24.3 Å². The van der Waals surface area contributed by atoms with Crippen molar-refractivity contribution in [1.82, 2.24) is 5.32 Å². The number of amides is 1. The third-order valence-corrected chi connectivity index (χ3v) is 3.93. The summed E-state index contributed by atoms with van der Waals surface area (Å²) in [7, 11) is 0. The Hall–Kier alpha value is -1.35. The molecule has 2 heterocycles. The molecule has 90 valence electrons. The van der Waals surface area contributed by atoms with Crippen LogP contribution in [0.3, 0.4) is 0 Å². The first kappa shape index (κ1) is 10.8. The van der Waals surface area contributed by atoms with Crippen LogP contribution < -0.4 is 10.2 Å². The third kappa shape index (κ3) is 1.75. The molecule has 0 aromatic heterocycles. The van der Waals surface area contributed by atoms with Crippen molar-refractivity contribution in [1.29, 1.82) is 0 Å². The van der Waals surface area contributed by atoms with Crippen molar-refractivity contribution in [2.45, 2.75) is 25.8 Å². The molecular formula is C14H18N2O. The lowest BCUT2D eigenvalue weighted by Crippen LogP contribution is -2.50. The monoisotopic (exact) mass is 230 g/mol. The van der Waals surface area contributed by atoms with Crippen LogP contribution in [0, 0.1) is 5.92 Å². The predicted octanol–water partition coefficient (Wildman–Crippen LogP) is 1.57. The van der Waals surface area contributed by atoms with Gasteiger partial charge in [-0.15, -0.1) is 0 Å². The van der Waals surface area contributed by atoms with Crippen LogP contribution in [0.2, 0.25) is 0 Å². The number of nitrogens with one attached hydrogen (secondary N) is 1. The fourth-order valence-electron chi connectivity index (χ4n) is 3.03. The van der Waals surface area contributed by atoms with E-state index in [0.29, 0.717) is 18.4 Å². The molecule has 0 radical (unpaired) electrons. The molecule has 1 N–H and O–H groups in total. The van der Waals surface area contributed by atoms with Gasteiger partial charge in [0, 0.05) is 11.7 Å². The summed E-state index contributed by atoms with van der Waals surface area (Å²) in [6.07, 6.45) is 1.63. The Balaban J connectivity index is 1.94. The van der Waals surface area contributed by atoms with Crippen molar-refractivity contribution in [3.63, 3.8) is 0 Å². The number of piperidine rings is 1. The number of nitrogens with zero attached hydrogens (tertiary/aromatic N) is 1. The van der Waals surface area contributed by atoms with Crippen LogP contribution in [0.25, 0.3) is 0 Å². The SMILES string of the molecule is C[C@@H]1CNCCC1N1C(=O)Cc2ccccc21. The van der Waals surface area contributed by atoms with E-state index in [1.807, 2.05) is 17.0 Å². The van der Waals surface area contributed by atoms with Crippen molar-refractivity contribution >= 4 is 11.6 Å². The second-order valence-corrected chi connectivity index (χ2v) is 5.11. The second kappa shape index (κ2) is 4.15. The molecule has 0 saturated carbocycles. The zero-order valence-electron chi connectivity index (χ0n) is 10.1. The zero-order valence-corrected chi connectivity index (χ0v) is 10.1. The van der Waals surface area contributed by atoms with Gasteiger partial charge in [0.05, 0.1) is 6.42 Å². The van der Waals surface area contributed by atoms with Crippen LogP contribution in [0.1, 0.15) is 18.9 Å². The minimum Gasteiger partial charge on any atom is -0.316 e. The van der Waals surface area contributed by atoms with Gasteiger partial charge in [-0.1, -0.05) is 25.1 Å². The molecule has 1 aromatic carbocycles. The zero-order chi connectivity index (χ0) is 11.8. The predicted molar refractivity (Wildman–Crippen MR) is 68.1 cm³/mol. The van der Waals surface area contributed by atoms with Crippen molar-refractivity contribution < 1.29 is 4.79 Å². The number of carbonyl (C=O) groups excluding carboxylic acids is 1. The van der Waals surface area contributed by atoms with Gasteiger partial charge in [0.2, 0.25) is 5.91 Å². The minimum absolute atomic E-state index is 0.268. The Morgan fingerprint density at radius 3 is 3.00 bits per heavy atom. The summed E-state index contributed by atoms with van der Waals surface area (Å²) in [5.74, 6) is 0.795. The summed E-state index contributed by atoms with van der Waals surface area (Å²) in [6.45, 7) is 4.25. The molecule has 2 aliphatic rings. The number of para-hydroxylation sites is 1. The number of anilines is 1. The van der Waals surface area contributed by atoms with Gasteiger partial charge in [-0.2, -0.15) is 0 Å². The number of benzene rings is 1. The van der Waals surface area contributed by atoms with E-state index in [0.717, 1.165) is 25.2 Å². The Bertz CT molecular complexity index is 444. The molecule has 0 spiro atoms. The molecule has 1 amide bonds. The quantitative estimate of drug-likeness (QED) is 0.794. The van der Waals surface area contributed by atoms with E-state index in [1.54, 1.807) is 0 Å². The van der Waals surface area contributed by atoms with Crippen molar-refractivity contribution in [3.8, 4) is 0 Å². The third-order valence-electron chi connectivity index (χ3n) is 3.93. The van der Waals surface area contributed by atoms with Crippen LogP contribution >= 0.6 is 0 Å². The van der Waals surface area contributed by atoms with Gasteiger partial charge >= 0.3 is 0 Å². The molecular weight excluding hydrogens is 212 g/mol. The maximum Gasteiger partial charge on any atom is 0.231 e. The molecule has 0 aliphatic carbocycles. The highest BCUT2D eigenvalue weighted by Crippen LogP contribution is 2.33. The maximum atomic E-state index is 12.2. The van der Waals surface area contributed by atoms with Crippen LogP contribution in [-0.4, -0.2) is 25.0 Å². The average molecular weight is 230 g/mol. The van der Waals surface area contributed by atoms with E-state index >= 15 is 0 Å². The molecule has 2 aliphatic heterocycles. The van der Waals surface area contributed by atoms with E-state index < -0.39 is 0 Å². The maximum absolute atomic E-state index is 12.2. The molecule has 1 unspecified atom stereocenters. The van der Waals surface area contributed by atoms with Gasteiger partial charge in [0.1, 0.15) is 0 Å². The first-order valence-electron chi connectivity index (χ1n) is 6.38. The van der Waals surface area contributed by atoms with Crippen molar-refractivity contribution in [2.75, 3.05) is 18.0 Å². The topological polar surface area (TPSA) is 32.3 Å². The number of fused-ring (bicyclic) bond motifs is 1. The van der Waals surface area contributed by atoms with Gasteiger partial charge in [-0.25, -0.2) is 0 Å². The van der Waals surface area contributed by atoms with E-state index in [9.17, 15) is 4.79 Å². The molecule has 1 fully saturated rings. The van der Waals surface area contributed by atoms with Crippen LogP contribution in [0.5, 0.6) is 0 Å². The minimum atomic E-state index is 0.268. The Labute approximate surface area is 102 Å². The average Bonchev–Trinajstić information content (AvgIpc) is 2.66. The van der Waals surface area contributed by atoms with Gasteiger partial charge in [-0.05, 0) is 37.1 Å². The normalized spacial score (nSPS) is 28.3. The highest BCUT2D eigenvalue weighted by Gasteiger charge is 2.36. The smallest absolute Gasteiger partial charge is 0.231 e. The van der Waals surface area contributed by atoms with E-state index in [4.69, 9.17) is 0 Å². The fourth-order valence-corrected chi connectivity index (χ4v) is 3.03. The van der Waals surface area contributed by atoms with Crippen molar-refractivity contribution in [2.24, 2.45) is 5.92 Å². The lowest BCUT2D eigenvalue weighted by molar-refractivity contribution is -0.118. The summed E-state index contributed by atoms with van der Waals surface area (Å²) in [5, 5.41) is 3.39. The number of hydrogen-bond acceptors (Lipinski definition) is 2. The summed E-state index contributed by atoms with van der Waals surface area (Å²) >= 11 is 0. The number of hydrogen-bond donors (Lipinski definition) is 1. The highest BCUT2D eigenvalue weighted by molar-refractivity contribution is 6.01. The summed E-state index contributed by atoms with van der Waals surface area (Å²) < 4.78 is 0. The largest absolute Gasteiger partial charge is 0.316 e. The van der Waals surface area contributed by atoms with Crippen LogP contribution in [0.4, 0.5) is 5.69 Å². The molecule has 3 heteroatoms. The molecule has 17 heavy (non-hydrogen) atoms. The first-order chi connectivity index (χ1) is 8.27. The van der Waals surface area contributed by atoms with E-state index in [1.165, 1.54) is 5.56 Å². The lowest BCUT2D eigenvalue weighted by atomic mass is 9.93. The van der Waals surface area contributed by atoms with Gasteiger partial charge < -0.3 is 10.2 Å². The Morgan fingerprint density at radius 2 is 2.18 bits per heavy atom. The molecule has 0 bridgehead atoms.